The smallest absolute Gasteiger partial charge is 0.165 e. The number of carbonyl (C=O) groups excluding carboxylic acids is 1. The Morgan fingerprint density at radius 3 is 2.60 bits per heavy atom. The van der Waals surface area contributed by atoms with Crippen LogP contribution in [0.1, 0.15) is 17.3 Å². The first-order chi connectivity index (χ1) is 4.61. The van der Waals surface area contributed by atoms with E-state index < -0.39 is 0 Å². The quantitative estimate of drug-likeness (QED) is 0.565. The van der Waals surface area contributed by atoms with E-state index in [4.69, 9.17) is 5.73 Å². The normalized spacial score (nSPS) is 9.80. The van der Waals surface area contributed by atoms with Crippen LogP contribution in [0.15, 0.2) is 6.20 Å². The monoisotopic (exact) mass is 139 g/mol. The van der Waals surface area contributed by atoms with Crippen LogP contribution in [0.2, 0.25) is 0 Å². The second-order valence-corrected chi connectivity index (χ2v) is 2.16. The summed E-state index contributed by atoms with van der Waals surface area (Å²) in [6, 6.07) is 0. The molecular weight excluding hydrogens is 130 g/mol. The Balaban J connectivity index is 3.15. The van der Waals surface area contributed by atoms with Gasteiger partial charge in [0.05, 0.1) is 5.56 Å². The van der Waals surface area contributed by atoms with Gasteiger partial charge in [0, 0.05) is 13.2 Å². The molecule has 10 heavy (non-hydrogen) atoms. The number of nitrogens with two attached hydrogens (primary N) is 1. The Morgan fingerprint density at radius 1 is 1.80 bits per heavy atom. The summed E-state index contributed by atoms with van der Waals surface area (Å²) in [7, 11) is 1.72. The van der Waals surface area contributed by atoms with Crippen molar-refractivity contribution in [2.24, 2.45) is 7.05 Å². The van der Waals surface area contributed by atoms with E-state index in [1.54, 1.807) is 13.2 Å². The molecule has 0 fully saturated rings. The Kier molecular flexibility index (Phi) is 1.45. The van der Waals surface area contributed by atoms with Gasteiger partial charge in [0.15, 0.2) is 11.6 Å². The fraction of sp³-hybridized carbons (Fsp3) is 0.333. The zero-order chi connectivity index (χ0) is 7.72. The summed E-state index contributed by atoms with van der Waals surface area (Å²) in [5.41, 5.74) is 5.88. The highest BCUT2D eigenvalue weighted by Crippen LogP contribution is 2.07. The van der Waals surface area contributed by atoms with Crippen molar-refractivity contribution in [3.8, 4) is 0 Å². The lowest BCUT2D eigenvalue weighted by atomic mass is 10.2. The minimum atomic E-state index is -0.0504. The molecule has 0 radical (unpaired) electrons. The second kappa shape index (κ2) is 2.13. The van der Waals surface area contributed by atoms with Crippen LogP contribution in [0.5, 0.6) is 0 Å². The first-order valence-electron chi connectivity index (χ1n) is 2.91. The zero-order valence-corrected chi connectivity index (χ0v) is 5.96. The maximum absolute atomic E-state index is 10.7. The summed E-state index contributed by atoms with van der Waals surface area (Å²) in [6.45, 7) is 1.47. The van der Waals surface area contributed by atoms with Crippen molar-refractivity contribution < 1.29 is 4.79 Å². The maximum atomic E-state index is 10.7. The number of aryl methyl sites for hydroxylation is 1. The summed E-state index contributed by atoms with van der Waals surface area (Å²) in [4.78, 5) is 10.7. The number of hydrogen-bond acceptors (Lipinski definition) is 3. The number of hydrogen-bond donors (Lipinski definition) is 1. The fourth-order valence-corrected chi connectivity index (χ4v) is 0.777. The molecule has 0 unspecified atom stereocenters. The van der Waals surface area contributed by atoms with Gasteiger partial charge in [-0.05, 0) is 6.92 Å². The number of carbonyl (C=O) groups is 1. The third-order valence-corrected chi connectivity index (χ3v) is 1.24. The Bertz CT molecular complexity index is 264. The second-order valence-electron chi connectivity index (χ2n) is 2.16. The van der Waals surface area contributed by atoms with Gasteiger partial charge >= 0.3 is 0 Å². The molecule has 0 aliphatic carbocycles. The van der Waals surface area contributed by atoms with E-state index in [0.29, 0.717) is 11.4 Å². The highest BCUT2D eigenvalue weighted by atomic mass is 16.1. The molecular formula is C6H9N3O. The van der Waals surface area contributed by atoms with Gasteiger partial charge in [-0.25, -0.2) is 0 Å². The van der Waals surface area contributed by atoms with Crippen LogP contribution in [0, 0.1) is 0 Å². The van der Waals surface area contributed by atoms with Crippen LogP contribution in [0.25, 0.3) is 0 Å². The van der Waals surface area contributed by atoms with Gasteiger partial charge in [0.25, 0.3) is 0 Å². The van der Waals surface area contributed by atoms with E-state index in [2.05, 4.69) is 5.10 Å². The highest BCUT2D eigenvalue weighted by Gasteiger charge is 2.06. The first kappa shape index (κ1) is 6.80. The number of nitrogen functional groups attached to an aromatic ring is 1. The molecule has 0 saturated heterocycles. The third-order valence-electron chi connectivity index (χ3n) is 1.24. The highest BCUT2D eigenvalue weighted by molar-refractivity contribution is 5.97. The molecule has 0 aliphatic heterocycles. The molecule has 0 saturated carbocycles. The molecule has 0 aliphatic rings. The van der Waals surface area contributed by atoms with Gasteiger partial charge in [0.1, 0.15) is 0 Å². The lowest BCUT2D eigenvalue weighted by Crippen LogP contribution is -1.95. The molecule has 0 bridgehead atoms. The average Bonchev–Trinajstić information content (AvgIpc) is 2.10. The average molecular weight is 139 g/mol. The van der Waals surface area contributed by atoms with Crippen molar-refractivity contribution >= 4 is 11.6 Å². The minimum absolute atomic E-state index is 0.0504. The fourth-order valence-electron chi connectivity index (χ4n) is 0.777. The van der Waals surface area contributed by atoms with Crippen LogP contribution < -0.4 is 5.73 Å². The Labute approximate surface area is 58.6 Å². The van der Waals surface area contributed by atoms with E-state index >= 15 is 0 Å². The van der Waals surface area contributed by atoms with E-state index in [9.17, 15) is 4.79 Å². The third kappa shape index (κ3) is 1.00. The molecule has 1 aromatic rings. The predicted molar refractivity (Wildman–Crippen MR) is 37.6 cm³/mol. The van der Waals surface area contributed by atoms with Gasteiger partial charge < -0.3 is 5.73 Å². The van der Waals surface area contributed by atoms with Crippen molar-refractivity contribution in [3.05, 3.63) is 11.8 Å². The number of anilines is 1. The van der Waals surface area contributed by atoms with E-state index in [1.165, 1.54) is 11.6 Å². The maximum Gasteiger partial charge on any atom is 0.165 e. The topological polar surface area (TPSA) is 60.9 Å². The van der Waals surface area contributed by atoms with Gasteiger partial charge in [-0.15, -0.1) is 0 Å². The minimum Gasteiger partial charge on any atom is -0.382 e. The van der Waals surface area contributed by atoms with Crippen LogP contribution in [-0.2, 0) is 7.05 Å². The molecule has 0 amide bonds. The molecule has 0 atom stereocenters. The van der Waals surface area contributed by atoms with Gasteiger partial charge in [0.2, 0.25) is 0 Å². The van der Waals surface area contributed by atoms with E-state index in [0.717, 1.165) is 0 Å². The predicted octanol–water partition coefficient (Wildman–Crippen LogP) is 0.205. The number of nitrogens with zero attached hydrogens (tertiary/aromatic N) is 2. The van der Waals surface area contributed by atoms with Gasteiger partial charge in [-0.2, -0.15) is 5.10 Å². The van der Waals surface area contributed by atoms with Crippen molar-refractivity contribution in [1.82, 2.24) is 9.78 Å². The molecule has 4 heteroatoms. The lowest BCUT2D eigenvalue weighted by Gasteiger charge is -1.85. The summed E-state index contributed by atoms with van der Waals surface area (Å²) in [5.74, 6) is 0.251. The summed E-state index contributed by atoms with van der Waals surface area (Å²) in [6.07, 6.45) is 1.61. The van der Waals surface area contributed by atoms with Crippen LogP contribution in [-0.4, -0.2) is 15.6 Å². The van der Waals surface area contributed by atoms with E-state index in [-0.39, 0.29) is 5.78 Å². The SMILES string of the molecule is CC(=O)c1cn(C)nc1N. The Morgan fingerprint density at radius 2 is 2.40 bits per heavy atom. The number of Topliss-reactive ketones (excluding diaryl/α,β-unsaturated/α-hetero) is 1. The summed E-state index contributed by atoms with van der Waals surface area (Å²) in [5, 5.41) is 3.81. The molecule has 54 valence electrons. The Hall–Kier alpha value is -1.32. The molecule has 0 aromatic carbocycles. The molecule has 1 aromatic heterocycles. The molecule has 2 N–H and O–H groups in total. The van der Waals surface area contributed by atoms with Crippen molar-refractivity contribution in [2.75, 3.05) is 5.73 Å². The molecule has 0 spiro atoms. The zero-order valence-electron chi connectivity index (χ0n) is 5.96. The standard InChI is InChI=1S/C6H9N3O/c1-4(10)5-3-9(2)8-6(5)7/h3H,1-2H3,(H2,7,8). The molecule has 1 heterocycles. The van der Waals surface area contributed by atoms with Gasteiger partial charge in [-0.1, -0.05) is 0 Å². The lowest BCUT2D eigenvalue weighted by molar-refractivity contribution is 0.101. The number of aromatic nitrogens is 2. The summed E-state index contributed by atoms with van der Waals surface area (Å²) >= 11 is 0. The van der Waals surface area contributed by atoms with Crippen molar-refractivity contribution in [3.63, 3.8) is 0 Å². The van der Waals surface area contributed by atoms with Crippen molar-refractivity contribution in [1.29, 1.82) is 0 Å². The van der Waals surface area contributed by atoms with Crippen molar-refractivity contribution in [2.45, 2.75) is 6.92 Å². The summed E-state index contributed by atoms with van der Waals surface area (Å²) < 4.78 is 1.52. The number of rotatable bonds is 1. The largest absolute Gasteiger partial charge is 0.382 e. The van der Waals surface area contributed by atoms with Gasteiger partial charge in [-0.3, -0.25) is 9.48 Å². The molecule has 1 rings (SSSR count). The first-order valence-corrected chi connectivity index (χ1v) is 2.91. The molecule has 4 nitrogen and oxygen atoms in total. The van der Waals surface area contributed by atoms with Crippen LogP contribution in [0.4, 0.5) is 5.82 Å². The van der Waals surface area contributed by atoms with Crippen LogP contribution >= 0.6 is 0 Å². The van der Waals surface area contributed by atoms with E-state index in [1.807, 2.05) is 0 Å². The number of ketones is 1. The van der Waals surface area contributed by atoms with Crippen LogP contribution in [0.3, 0.4) is 0 Å².